The number of hydrogen-bond donors (Lipinski definition) is 0. The van der Waals surface area contributed by atoms with Gasteiger partial charge in [-0.2, -0.15) is 0 Å². The average Bonchev–Trinajstić information content (AvgIpc) is 2.99. The Morgan fingerprint density at radius 1 is 1.18 bits per heavy atom. The minimum absolute atomic E-state index is 0.293. The molecule has 3 rings (SSSR count). The molecule has 5 heteroatoms. The number of aryl methyl sites for hydroxylation is 1. The summed E-state index contributed by atoms with van der Waals surface area (Å²) in [6, 6.07) is 15.3. The zero-order valence-corrected chi connectivity index (χ0v) is 12.8. The zero-order valence-electron chi connectivity index (χ0n) is 12.0. The number of aromatic nitrogens is 3. The van der Waals surface area contributed by atoms with E-state index in [4.69, 9.17) is 11.6 Å². The van der Waals surface area contributed by atoms with Crippen molar-refractivity contribution in [2.75, 3.05) is 0 Å². The molecule has 0 unspecified atom stereocenters. The number of rotatable bonds is 4. The van der Waals surface area contributed by atoms with Gasteiger partial charge in [-0.05, 0) is 36.2 Å². The lowest BCUT2D eigenvalue weighted by molar-refractivity contribution is 0.111. The van der Waals surface area contributed by atoms with Crippen LogP contribution in [-0.4, -0.2) is 21.3 Å². The van der Waals surface area contributed by atoms with Crippen LogP contribution in [0.4, 0.5) is 0 Å². The first-order valence-electron chi connectivity index (χ1n) is 6.99. The van der Waals surface area contributed by atoms with Crippen molar-refractivity contribution in [3.8, 4) is 16.9 Å². The summed E-state index contributed by atoms with van der Waals surface area (Å²) in [5.41, 5.74) is 3.83. The molecule has 4 nitrogen and oxygen atoms in total. The van der Waals surface area contributed by atoms with Crippen molar-refractivity contribution in [3.05, 3.63) is 64.8 Å². The molecule has 0 aliphatic carbocycles. The molecule has 0 bridgehead atoms. The van der Waals surface area contributed by atoms with Crippen LogP contribution in [-0.2, 0) is 6.42 Å². The quantitative estimate of drug-likeness (QED) is 0.685. The summed E-state index contributed by atoms with van der Waals surface area (Å²) in [4.78, 5) is 11.3. The summed E-state index contributed by atoms with van der Waals surface area (Å²) in [5, 5.41) is 8.67. The van der Waals surface area contributed by atoms with E-state index in [9.17, 15) is 4.79 Å². The molecule has 0 atom stereocenters. The Morgan fingerprint density at radius 2 is 1.95 bits per heavy atom. The minimum atomic E-state index is 0.293. The van der Waals surface area contributed by atoms with Gasteiger partial charge in [0.1, 0.15) is 5.69 Å². The van der Waals surface area contributed by atoms with Crippen molar-refractivity contribution >= 4 is 17.9 Å². The molecular formula is C17H14ClN3O. The van der Waals surface area contributed by atoms with E-state index in [0.29, 0.717) is 22.7 Å². The van der Waals surface area contributed by atoms with Crippen molar-refractivity contribution in [1.29, 1.82) is 0 Å². The fourth-order valence-corrected chi connectivity index (χ4v) is 2.52. The second kappa shape index (κ2) is 6.12. The van der Waals surface area contributed by atoms with Crippen molar-refractivity contribution in [1.82, 2.24) is 15.0 Å². The van der Waals surface area contributed by atoms with Gasteiger partial charge < -0.3 is 0 Å². The summed E-state index contributed by atoms with van der Waals surface area (Å²) in [6.45, 7) is 2.10. The van der Waals surface area contributed by atoms with E-state index in [2.05, 4.69) is 17.2 Å². The normalized spacial score (nSPS) is 10.6. The van der Waals surface area contributed by atoms with Crippen molar-refractivity contribution in [2.45, 2.75) is 13.3 Å². The predicted octanol–water partition coefficient (Wildman–Crippen LogP) is 3.96. The Labute approximate surface area is 133 Å². The second-order valence-corrected chi connectivity index (χ2v) is 5.32. The van der Waals surface area contributed by atoms with Gasteiger partial charge in [0.15, 0.2) is 12.0 Å². The number of carbonyl (C=O) groups excluding carboxylic acids is 1. The van der Waals surface area contributed by atoms with Crippen molar-refractivity contribution in [2.24, 2.45) is 0 Å². The van der Waals surface area contributed by atoms with Gasteiger partial charge in [0.05, 0.1) is 5.69 Å². The molecule has 1 heterocycles. The highest BCUT2D eigenvalue weighted by Gasteiger charge is 2.16. The molecule has 2 aromatic carbocycles. The van der Waals surface area contributed by atoms with E-state index in [-0.39, 0.29) is 0 Å². The SMILES string of the molecule is CCc1ccc(-n2nnc(C=O)c2-c2cccc(Cl)c2)cc1. The lowest BCUT2D eigenvalue weighted by Gasteiger charge is -2.08. The van der Waals surface area contributed by atoms with E-state index in [1.54, 1.807) is 16.8 Å². The molecule has 110 valence electrons. The first-order valence-corrected chi connectivity index (χ1v) is 7.37. The number of nitrogens with zero attached hydrogens (tertiary/aromatic N) is 3. The highest BCUT2D eigenvalue weighted by Crippen LogP contribution is 2.26. The van der Waals surface area contributed by atoms with E-state index in [1.165, 1.54) is 5.56 Å². The number of aldehydes is 1. The molecule has 0 amide bonds. The van der Waals surface area contributed by atoms with Crippen LogP contribution in [0.5, 0.6) is 0 Å². The smallest absolute Gasteiger partial charge is 0.172 e. The molecule has 0 aliphatic heterocycles. The predicted molar refractivity (Wildman–Crippen MR) is 86.6 cm³/mol. The molecule has 3 aromatic rings. The standard InChI is InChI=1S/C17H14ClN3O/c1-2-12-6-8-15(9-7-12)21-17(16(11-22)19-20-21)13-4-3-5-14(18)10-13/h3-11H,2H2,1H3. The average molecular weight is 312 g/mol. The largest absolute Gasteiger partial charge is 0.296 e. The van der Waals surface area contributed by atoms with Gasteiger partial charge in [-0.3, -0.25) is 4.79 Å². The number of halogens is 1. The third kappa shape index (κ3) is 2.65. The molecule has 0 N–H and O–H groups in total. The number of hydrogen-bond acceptors (Lipinski definition) is 3. The summed E-state index contributed by atoms with van der Waals surface area (Å²) < 4.78 is 1.66. The lowest BCUT2D eigenvalue weighted by Crippen LogP contribution is -2.00. The summed E-state index contributed by atoms with van der Waals surface area (Å²) in [6.07, 6.45) is 1.68. The van der Waals surface area contributed by atoms with Gasteiger partial charge in [0, 0.05) is 10.6 Å². The van der Waals surface area contributed by atoms with Crippen LogP contribution in [0.2, 0.25) is 5.02 Å². The molecule has 0 spiro atoms. The monoisotopic (exact) mass is 311 g/mol. The van der Waals surface area contributed by atoms with Gasteiger partial charge in [-0.25, -0.2) is 4.68 Å². The first-order chi connectivity index (χ1) is 10.7. The second-order valence-electron chi connectivity index (χ2n) is 4.88. The minimum Gasteiger partial charge on any atom is -0.296 e. The van der Waals surface area contributed by atoms with Gasteiger partial charge in [0.25, 0.3) is 0 Å². The van der Waals surface area contributed by atoms with Gasteiger partial charge in [0.2, 0.25) is 0 Å². The highest BCUT2D eigenvalue weighted by atomic mass is 35.5. The topological polar surface area (TPSA) is 47.8 Å². The molecule has 0 aliphatic rings. The zero-order chi connectivity index (χ0) is 15.5. The summed E-state index contributed by atoms with van der Waals surface area (Å²) in [5.74, 6) is 0. The van der Waals surface area contributed by atoms with Crippen molar-refractivity contribution < 1.29 is 4.79 Å². The van der Waals surface area contributed by atoms with Crippen LogP contribution < -0.4 is 0 Å². The Morgan fingerprint density at radius 3 is 2.59 bits per heavy atom. The number of carbonyl (C=O) groups is 1. The molecule has 0 radical (unpaired) electrons. The summed E-state index contributed by atoms with van der Waals surface area (Å²) in [7, 11) is 0. The third-order valence-electron chi connectivity index (χ3n) is 3.50. The highest BCUT2D eigenvalue weighted by molar-refractivity contribution is 6.30. The van der Waals surface area contributed by atoms with Crippen LogP contribution in [0.25, 0.3) is 16.9 Å². The van der Waals surface area contributed by atoms with E-state index in [0.717, 1.165) is 17.7 Å². The van der Waals surface area contributed by atoms with Crippen LogP contribution in [0.1, 0.15) is 23.0 Å². The molecule has 0 saturated heterocycles. The van der Waals surface area contributed by atoms with Crippen LogP contribution in [0, 0.1) is 0 Å². The fraction of sp³-hybridized carbons (Fsp3) is 0.118. The van der Waals surface area contributed by atoms with Crippen LogP contribution in [0.15, 0.2) is 48.5 Å². The third-order valence-corrected chi connectivity index (χ3v) is 3.73. The fourth-order valence-electron chi connectivity index (χ4n) is 2.33. The molecule has 0 fully saturated rings. The maximum Gasteiger partial charge on any atom is 0.172 e. The lowest BCUT2D eigenvalue weighted by atomic mass is 10.1. The Bertz CT molecular complexity index is 809. The molecule has 0 saturated carbocycles. The molecular weight excluding hydrogens is 298 g/mol. The van der Waals surface area contributed by atoms with E-state index < -0.39 is 0 Å². The molecule has 22 heavy (non-hydrogen) atoms. The van der Waals surface area contributed by atoms with Crippen LogP contribution >= 0.6 is 11.6 Å². The van der Waals surface area contributed by atoms with Crippen LogP contribution in [0.3, 0.4) is 0 Å². The first kappa shape index (κ1) is 14.5. The van der Waals surface area contributed by atoms with E-state index in [1.807, 2.05) is 36.4 Å². The van der Waals surface area contributed by atoms with Gasteiger partial charge in [-0.1, -0.05) is 48.0 Å². The van der Waals surface area contributed by atoms with E-state index >= 15 is 0 Å². The van der Waals surface area contributed by atoms with Gasteiger partial charge >= 0.3 is 0 Å². The summed E-state index contributed by atoms with van der Waals surface area (Å²) >= 11 is 6.06. The maximum atomic E-state index is 11.3. The number of benzene rings is 2. The maximum absolute atomic E-state index is 11.3. The Balaban J connectivity index is 2.16. The Kier molecular flexibility index (Phi) is 4.02. The van der Waals surface area contributed by atoms with Gasteiger partial charge in [-0.15, -0.1) is 5.10 Å². The van der Waals surface area contributed by atoms with Crippen molar-refractivity contribution in [3.63, 3.8) is 0 Å². The molecule has 1 aromatic heterocycles. The Hall–Kier alpha value is -2.46.